The van der Waals surface area contributed by atoms with Crippen molar-refractivity contribution in [2.24, 2.45) is 0 Å². The van der Waals surface area contributed by atoms with Gasteiger partial charge >= 0.3 is 33.3 Å². The van der Waals surface area contributed by atoms with Gasteiger partial charge in [-0.2, -0.15) is 9.29 Å². The molecule has 75 heavy (non-hydrogen) atoms. The van der Waals surface area contributed by atoms with Crippen molar-refractivity contribution in [2.75, 3.05) is 25.6 Å². The van der Waals surface area contributed by atoms with Crippen LogP contribution < -0.4 is 11.4 Å². The van der Waals surface area contributed by atoms with Crippen LogP contribution in [0.25, 0.3) is 0 Å². The largest absolute Gasteiger partial charge is 0.481 e. The second-order valence-electron chi connectivity index (χ2n) is 17.7. The summed E-state index contributed by atoms with van der Waals surface area (Å²) in [6.45, 7) is 1.87. The number of unbranched alkanes of at least 4 members (excludes halogenated alkanes) is 4. The molecule has 0 spiro atoms. The highest BCUT2D eigenvalue weighted by Crippen LogP contribution is 2.60. The Kier molecular flexibility index (Phi) is 32.8. The van der Waals surface area contributed by atoms with Gasteiger partial charge in [0, 0.05) is 19.0 Å². The van der Waals surface area contributed by atoms with Crippen LogP contribution in [0.5, 0.6) is 0 Å². The molecule has 1 aromatic rings. The topological polar surface area (TPSA) is 278 Å². The average molecular weight is 1090 g/mol. The number of nitrogens with zero attached hydrogens (tertiary/aromatic N) is 2. The van der Waals surface area contributed by atoms with Gasteiger partial charge in [-0.15, -0.1) is 0 Å². The molecule has 0 saturated carbocycles. The number of allylic oxidation sites excluding steroid dienone is 16. The number of rotatable bonds is 40. The molecule has 1 aromatic heterocycles. The van der Waals surface area contributed by atoms with Crippen molar-refractivity contribution in [2.45, 2.75) is 172 Å². The monoisotopic (exact) mass is 1090 g/mol. The van der Waals surface area contributed by atoms with Crippen molar-refractivity contribution in [3.05, 3.63) is 132 Å². The van der Waals surface area contributed by atoms with E-state index in [4.69, 9.17) is 33.7 Å². The zero-order valence-electron chi connectivity index (χ0n) is 43.5. The van der Waals surface area contributed by atoms with E-state index in [9.17, 15) is 43.5 Å². The molecule has 3 heterocycles. The minimum absolute atomic E-state index is 0.0199. The van der Waals surface area contributed by atoms with Crippen LogP contribution in [0.4, 0.5) is 5.82 Å². The molecule has 0 aromatic carbocycles. The SMILES string of the molecule is CC/C=C\CC1OC1C/C=C\C/C=C\C/C=C\C/C=C\CCC(=O)OC[C@H](COP(=O)(O)OP(=O)(O)OC[C@H]1O[C@@H](n2ccc(N)nc2=O)[C@H](O)[C@@H]1O)OC(=O)CCC/C=C\C/C=C\C/C=C\C/C=C\CCCCC. The fraction of sp³-hybridized carbons (Fsp3) is 0.556. The van der Waals surface area contributed by atoms with Gasteiger partial charge in [0.05, 0.1) is 25.4 Å². The minimum Gasteiger partial charge on any atom is -0.462 e. The van der Waals surface area contributed by atoms with Crippen LogP contribution in [0, 0.1) is 0 Å². The number of carbonyl (C=O) groups is 2. The normalized spacial score (nSPS) is 22.4. The summed E-state index contributed by atoms with van der Waals surface area (Å²) in [6.07, 6.45) is 45.2. The molecule has 2 saturated heterocycles. The molecule has 0 radical (unpaired) electrons. The number of carbonyl (C=O) groups excluding carboxylic acids is 2. The van der Waals surface area contributed by atoms with E-state index in [1.54, 1.807) is 0 Å². The number of hydrogen-bond acceptors (Lipinski definition) is 16. The molecule has 2 fully saturated rings. The number of phosphoric ester groups is 2. The lowest BCUT2D eigenvalue weighted by molar-refractivity contribution is -0.161. The lowest BCUT2D eigenvalue weighted by Crippen LogP contribution is -2.36. The molecular weight excluding hydrogens is 1010 g/mol. The third-order valence-electron chi connectivity index (χ3n) is 11.3. The van der Waals surface area contributed by atoms with E-state index < -0.39 is 83.7 Å². The lowest BCUT2D eigenvalue weighted by atomic mass is 10.1. The Balaban J connectivity index is 1.43. The summed E-state index contributed by atoms with van der Waals surface area (Å²) < 4.78 is 62.3. The predicted molar refractivity (Wildman–Crippen MR) is 288 cm³/mol. The van der Waals surface area contributed by atoms with E-state index in [1.807, 2.05) is 36.5 Å². The van der Waals surface area contributed by atoms with Gasteiger partial charge in [0.25, 0.3) is 0 Å². The van der Waals surface area contributed by atoms with Gasteiger partial charge in [-0.05, 0) is 96.0 Å². The third-order valence-corrected chi connectivity index (χ3v) is 13.9. The van der Waals surface area contributed by atoms with Crippen LogP contribution in [0.15, 0.2) is 126 Å². The number of epoxide rings is 1. The first kappa shape index (κ1) is 64.7. The molecule has 9 atom stereocenters. The van der Waals surface area contributed by atoms with E-state index in [0.717, 1.165) is 68.6 Å². The number of esters is 2. The molecule has 6 N–H and O–H groups in total. The van der Waals surface area contributed by atoms with Crippen LogP contribution >= 0.6 is 15.6 Å². The molecule has 2 aliphatic heterocycles. The first-order valence-corrected chi connectivity index (χ1v) is 29.0. The number of nitrogens with two attached hydrogens (primary N) is 1. The molecular formula is C54H81N3O16P2. The summed E-state index contributed by atoms with van der Waals surface area (Å²) in [6, 6.07) is 1.24. The van der Waals surface area contributed by atoms with Gasteiger partial charge in [0.15, 0.2) is 12.3 Å². The zero-order valence-corrected chi connectivity index (χ0v) is 45.3. The molecule has 2 aliphatic rings. The number of phosphoric acid groups is 2. The van der Waals surface area contributed by atoms with Crippen molar-refractivity contribution in [3.63, 3.8) is 0 Å². The molecule has 0 aliphatic carbocycles. The van der Waals surface area contributed by atoms with Gasteiger partial charge in [0.2, 0.25) is 0 Å². The van der Waals surface area contributed by atoms with Gasteiger partial charge in [-0.25, -0.2) is 13.9 Å². The third kappa shape index (κ3) is 30.1. The van der Waals surface area contributed by atoms with Gasteiger partial charge in [-0.1, -0.05) is 136 Å². The summed E-state index contributed by atoms with van der Waals surface area (Å²) in [5.74, 6) is -1.48. The van der Waals surface area contributed by atoms with Gasteiger partial charge in [0.1, 0.15) is 30.7 Å². The Morgan fingerprint density at radius 2 is 1.20 bits per heavy atom. The summed E-state index contributed by atoms with van der Waals surface area (Å²) in [4.78, 5) is 61.9. The highest BCUT2D eigenvalue weighted by molar-refractivity contribution is 7.61. The van der Waals surface area contributed by atoms with Crippen LogP contribution in [0.1, 0.15) is 136 Å². The smallest absolute Gasteiger partial charge is 0.462 e. The lowest BCUT2D eigenvalue weighted by Gasteiger charge is -2.21. The van der Waals surface area contributed by atoms with Crippen molar-refractivity contribution in [1.29, 1.82) is 0 Å². The van der Waals surface area contributed by atoms with Gasteiger partial charge in [-0.3, -0.25) is 23.2 Å². The van der Waals surface area contributed by atoms with Gasteiger partial charge < -0.3 is 44.7 Å². The van der Waals surface area contributed by atoms with Crippen LogP contribution in [0.2, 0.25) is 0 Å². The molecule has 418 valence electrons. The van der Waals surface area contributed by atoms with Crippen LogP contribution in [-0.2, 0) is 51.0 Å². The number of nitrogen functional groups attached to an aromatic ring is 1. The Bertz CT molecular complexity index is 2260. The molecule has 3 rings (SSSR count). The Morgan fingerprint density at radius 1 is 0.667 bits per heavy atom. The standard InChI is InChI=1S/C54H81N3O16P2/c1-3-5-7-8-9-10-11-12-13-14-15-16-21-24-27-30-34-38-50(59)70-44(41-67-49(58)37-33-29-26-23-20-18-17-19-22-25-28-32-36-46-45(71-46)35-31-6-4-2)42-68-74(63,64)73-75(65,66)69-43-47-51(60)52(61)53(72-47)57-40-39-48(55)56-54(57)62/h6,9-10,12-13,15-16,18-20,22,24,26-29,31-32,39-40,44-47,51-53,60-61H,3-5,7-8,11,14,17,21,23,25,30,33-38,41-43H2,1-2H3,(H,63,64)(H,65,66)(H2,55,56,62)/b10-9-,13-12-,16-15-,20-18-,22-19-,27-24-,29-26-,31-6-,32-28-/t44-,45?,46?,47-,51-,52-,53-/m1/s1. The average Bonchev–Trinajstić information content (AvgIpc) is 4.06. The molecule has 4 unspecified atom stereocenters. The Hall–Kier alpha value is -4.62. The highest BCUT2D eigenvalue weighted by Gasteiger charge is 2.46. The fourth-order valence-corrected chi connectivity index (χ4v) is 9.25. The molecule has 0 bridgehead atoms. The minimum atomic E-state index is -5.46. The van der Waals surface area contributed by atoms with Crippen molar-refractivity contribution < 1.29 is 71.0 Å². The predicted octanol–water partition coefficient (Wildman–Crippen LogP) is 9.99. The Labute approximate surface area is 442 Å². The van der Waals surface area contributed by atoms with E-state index in [2.05, 4.69) is 96.1 Å². The number of aliphatic hydroxyl groups excluding tert-OH is 2. The molecule has 19 nitrogen and oxygen atoms in total. The van der Waals surface area contributed by atoms with E-state index in [-0.39, 0.29) is 18.7 Å². The number of hydrogen-bond donors (Lipinski definition) is 5. The van der Waals surface area contributed by atoms with E-state index in [1.165, 1.54) is 25.3 Å². The zero-order chi connectivity index (χ0) is 54.6. The summed E-state index contributed by atoms with van der Waals surface area (Å²) in [7, 11) is -10.9. The molecule has 21 heteroatoms. The van der Waals surface area contributed by atoms with E-state index in [0.29, 0.717) is 37.9 Å². The maximum absolute atomic E-state index is 12.9. The van der Waals surface area contributed by atoms with E-state index >= 15 is 0 Å². The number of aromatic nitrogens is 2. The molecule has 0 amide bonds. The highest BCUT2D eigenvalue weighted by atomic mass is 31.3. The number of aliphatic hydroxyl groups is 2. The summed E-state index contributed by atoms with van der Waals surface area (Å²) in [5.41, 5.74) is 4.58. The number of ether oxygens (including phenoxy) is 4. The van der Waals surface area contributed by atoms with Crippen molar-refractivity contribution >= 4 is 33.4 Å². The quantitative estimate of drug-likeness (QED) is 0.0134. The maximum atomic E-state index is 12.9. The first-order valence-electron chi connectivity index (χ1n) is 26.0. The fourth-order valence-electron chi connectivity index (χ4n) is 7.14. The summed E-state index contributed by atoms with van der Waals surface area (Å²) in [5, 5.41) is 20.9. The first-order chi connectivity index (χ1) is 36.1. The van der Waals surface area contributed by atoms with Crippen LogP contribution in [0.3, 0.4) is 0 Å². The Morgan fingerprint density at radius 3 is 1.77 bits per heavy atom. The second-order valence-corrected chi connectivity index (χ2v) is 20.7. The van der Waals surface area contributed by atoms with Crippen molar-refractivity contribution in [1.82, 2.24) is 9.55 Å². The number of anilines is 1. The maximum Gasteiger partial charge on any atom is 0.481 e. The van der Waals surface area contributed by atoms with Crippen LogP contribution in [-0.4, -0.2) is 97.9 Å². The van der Waals surface area contributed by atoms with Crippen molar-refractivity contribution in [3.8, 4) is 0 Å². The second kappa shape index (κ2) is 38.0. The summed E-state index contributed by atoms with van der Waals surface area (Å²) >= 11 is 0.